The Hall–Kier alpha value is 0.218. The maximum Gasteiger partial charge on any atom is 0.470 e. The summed E-state index contributed by atoms with van der Waals surface area (Å²) >= 11 is 0. The Morgan fingerprint density at radius 3 is 1.24 bits per heavy atom. The largest absolute Gasteiger partial charge is 0.470 e. The van der Waals surface area contributed by atoms with Gasteiger partial charge in [-0.3, -0.25) is 4.79 Å². The van der Waals surface area contributed by atoms with Crippen molar-refractivity contribution in [1.29, 1.82) is 0 Å². The highest BCUT2D eigenvalue weighted by Gasteiger charge is 2.49. The monoisotopic (exact) mass is 367 g/mol. The Kier molecular flexibility index (Phi) is 7.27. The molecule has 0 aliphatic heterocycles. The highest BCUT2D eigenvalue weighted by atomic mass is 28.5. The first-order chi connectivity index (χ1) is 9.04. The van der Waals surface area contributed by atoms with E-state index in [0.717, 1.165) is 0 Å². The van der Waals surface area contributed by atoms with Gasteiger partial charge in [0.1, 0.15) is 0 Å². The van der Waals surface area contributed by atoms with E-state index in [4.69, 9.17) is 18.1 Å². The van der Waals surface area contributed by atoms with Crippen LogP contribution < -0.4 is 5.73 Å². The predicted octanol–water partition coefficient (Wildman–Crippen LogP) is 3.36. The number of primary amides is 1. The molecule has 1 amide bonds. The van der Waals surface area contributed by atoms with E-state index >= 15 is 0 Å². The lowest BCUT2D eigenvalue weighted by Gasteiger charge is -2.42. The van der Waals surface area contributed by atoms with E-state index in [9.17, 15) is 4.79 Å². The molecule has 0 fully saturated rings. The van der Waals surface area contributed by atoms with Gasteiger partial charge in [0.25, 0.3) is 0 Å². The average Bonchev–Trinajstić information content (AvgIpc) is 2.05. The van der Waals surface area contributed by atoms with Gasteiger partial charge in [-0.15, -0.1) is 0 Å². The number of carbonyl (C=O) groups is 1. The summed E-state index contributed by atoms with van der Waals surface area (Å²) in [6, 6.07) is 0.487. The van der Waals surface area contributed by atoms with Crippen molar-refractivity contribution in [3.63, 3.8) is 0 Å². The van der Waals surface area contributed by atoms with Crippen LogP contribution in [0.3, 0.4) is 0 Å². The molecular weight excluding hydrogens is 334 g/mol. The van der Waals surface area contributed by atoms with Crippen LogP contribution in [0.5, 0.6) is 0 Å². The normalized spacial score (nSPS) is 14.3. The fourth-order valence-corrected chi connectivity index (χ4v) is 16.5. The van der Waals surface area contributed by atoms with E-state index in [1.54, 1.807) is 0 Å². The van der Waals surface area contributed by atoms with Gasteiger partial charge in [0.2, 0.25) is 5.91 Å². The molecule has 9 heteroatoms. The summed E-state index contributed by atoms with van der Waals surface area (Å²) in [6.07, 6.45) is 0.256. The van der Waals surface area contributed by atoms with Gasteiger partial charge in [-0.25, -0.2) is 0 Å². The zero-order chi connectivity index (χ0) is 17.1. The first-order valence-electron chi connectivity index (χ1n) is 7.42. The molecule has 0 spiro atoms. The van der Waals surface area contributed by atoms with Gasteiger partial charge in [-0.05, 0) is 58.9 Å². The number of rotatable bonds is 9. The minimum absolute atomic E-state index is 0.256. The van der Waals surface area contributed by atoms with Crippen molar-refractivity contribution in [2.75, 3.05) is 0 Å². The number of hydrogen-bond donors (Lipinski definition) is 1. The van der Waals surface area contributed by atoms with Crippen LogP contribution in [0.2, 0.25) is 65.0 Å². The summed E-state index contributed by atoms with van der Waals surface area (Å²) in [5, 5.41) is 0. The quantitative estimate of drug-likeness (QED) is 0.634. The van der Waals surface area contributed by atoms with Crippen molar-refractivity contribution in [3.05, 3.63) is 0 Å². The van der Waals surface area contributed by atoms with Crippen molar-refractivity contribution < 1.29 is 17.1 Å². The lowest BCUT2D eigenvalue weighted by molar-refractivity contribution is -0.117. The molecule has 0 atom stereocenters. The molecule has 0 rings (SSSR count). The van der Waals surface area contributed by atoms with Crippen LogP contribution in [-0.4, -0.2) is 39.7 Å². The second-order valence-electron chi connectivity index (χ2n) is 8.29. The Morgan fingerprint density at radius 1 is 0.762 bits per heavy atom. The van der Waals surface area contributed by atoms with Crippen molar-refractivity contribution in [1.82, 2.24) is 0 Å². The summed E-state index contributed by atoms with van der Waals surface area (Å²) in [7, 11) is -8.46. The molecular formula is C12H33NO4Si4. The van der Waals surface area contributed by atoms with Crippen LogP contribution in [0.1, 0.15) is 6.42 Å². The zero-order valence-corrected chi connectivity index (χ0v) is 19.1. The topological polar surface area (TPSA) is 70.8 Å². The minimum Gasteiger partial charge on any atom is -0.417 e. The van der Waals surface area contributed by atoms with Crippen LogP contribution in [0.4, 0.5) is 0 Å². The lowest BCUT2D eigenvalue weighted by atomic mass is 10.5. The second kappa shape index (κ2) is 7.19. The molecule has 0 aromatic carbocycles. The Labute approximate surface area is 134 Å². The molecule has 2 N–H and O–H groups in total. The number of hydrogen-bond acceptors (Lipinski definition) is 4. The second-order valence-corrected chi connectivity index (χ2v) is 25.3. The number of nitrogens with two attached hydrogens (primary N) is 1. The molecule has 0 aromatic heterocycles. The van der Waals surface area contributed by atoms with Crippen LogP contribution in [0, 0.1) is 0 Å². The summed E-state index contributed by atoms with van der Waals surface area (Å²) in [4.78, 5) is 11.3. The van der Waals surface area contributed by atoms with E-state index in [1.807, 2.05) is 0 Å². The minimum atomic E-state index is -2.88. The Bertz CT molecular complexity index is 317. The van der Waals surface area contributed by atoms with E-state index in [-0.39, 0.29) is 12.3 Å². The Morgan fingerprint density at radius 2 is 1.05 bits per heavy atom. The highest BCUT2D eigenvalue weighted by Crippen LogP contribution is 2.29. The van der Waals surface area contributed by atoms with E-state index in [0.29, 0.717) is 6.04 Å². The van der Waals surface area contributed by atoms with Crippen LogP contribution >= 0.6 is 0 Å². The number of carbonyl (C=O) groups excluding carboxylic acids is 1. The van der Waals surface area contributed by atoms with Gasteiger partial charge in [-0.2, -0.15) is 0 Å². The average molecular weight is 368 g/mol. The standard InChI is InChI=1S/C12H33NO4Si4/c1-18(2,3)15-21(11-10-12(13)14,16-19(4,5)6)17-20(7,8)9/h10-11H2,1-9H3,(H2,13,14). The molecule has 0 unspecified atom stereocenters. The van der Waals surface area contributed by atoms with E-state index in [1.165, 1.54) is 0 Å². The third kappa shape index (κ3) is 11.4. The van der Waals surface area contributed by atoms with E-state index in [2.05, 4.69) is 58.9 Å². The fourth-order valence-electron chi connectivity index (χ4n) is 1.89. The van der Waals surface area contributed by atoms with Crippen molar-refractivity contribution >= 4 is 39.7 Å². The molecule has 0 heterocycles. The predicted molar refractivity (Wildman–Crippen MR) is 97.7 cm³/mol. The lowest BCUT2D eigenvalue weighted by Crippen LogP contribution is -2.60. The fraction of sp³-hybridized carbons (Fsp3) is 0.917. The molecule has 0 saturated heterocycles. The third-order valence-corrected chi connectivity index (χ3v) is 14.0. The summed E-state index contributed by atoms with van der Waals surface area (Å²) in [5.41, 5.74) is 5.34. The molecule has 0 radical (unpaired) electrons. The van der Waals surface area contributed by atoms with Gasteiger partial charge in [0.15, 0.2) is 25.0 Å². The molecule has 0 bridgehead atoms. The Balaban J connectivity index is 5.51. The molecule has 0 aliphatic rings. The molecule has 0 aromatic rings. The summed E-state index contributed by atoms with van der Waals surface area (Å²) in [6.45, 7) is 19.1. The molecule has 5 nitrogen and oxygen atoms in total. The van der Waals surface area contributed by atoms with Crippen LogP contribution in [0.25, 0.3) is 0 Å². The van der Waals surface area contributed by atoms with Crippen LogP contribution in [0.15, 0.2) is 0 Å². The van der Waals surface area contributed by atoms with Gasteiger partial charge < -0.3 is 18.1 Å². The first kappa shape index (κ1) is 21.2. The SMILES string of the molecule is C[Si](C)(C)O[Si](CCC(N)=O)(O[Si](C)(C)C)O[Si](C)(C)C. The molecule has 0 saturated carbocycles. The van der Waals surface area contributed by atoms with Crippen molar-refractivity contribution in [3.8, 4) is 0 Å². The summed E-state index contributed by atoms with van der Waals surface area (Å²) in [5.74, 6) is -0.329. The molecule has 0 aliphatic carbocycles. The molecule has 21 heavy (non-hydrogen) atoms. The van der Waals surface area contributed by atoms with Crippen LogP contribution in [-0.2, 0) is 17.1 Å². The summed E-state index contributed by atoms with van der Waals surface area (Å²) < 4.78 is 19.3. The molecule has 126 valence electrons. The van der Waals surface area contributed by atoms with Crippen molar-refractivity contribution in [2.24, 2.45) is 5.73 Å². The maximum absolute atomic E-state index is 11.3. The van der Waals surface area contributed by atoms with E-state index < -0.39 is 33.8 Å². The highest BCUT2D eigenvalue weighted by molar-refractivity contribution is 6.90. The maximum atomic E-state index is 11.3. The van der Waals surface area contributed by atoms with Gasteiger partial charge >= 0.3 is 8.80 Å². The van der Waals surface area contributed by atoms with Crippen molar-refractivity contribution in [2.45, 2.75) is 71.4 Å². The zero-order valence-electron chi connectivity index (χ0n) is 15.1. The number of amides is 1. The third-order valence-electron chi connectivity index (χ3n) is 2.06. The van der Waals surface area contributed by atoms with Gasteiger partial charge in [-0.1, -0.05) is 0 Å². The van der Waals surface area contributed by atoms with Gasteiger partial charge in [0.05, 0.1) is 0 Å². The smallest absolute Gasteiger partial charge is 0.417 e. The van der Waals surface area contributed by atoms with Gasteiger partial charge in [0, 0.05) is 12.5 Å². The first-order valence-corrected chi connectivity index (χ1v) is 19.6.